The van der Waals surface area contributed by atoms with E-state index in [4.69, 9.17) is 4.98 Å². The van der Waals surface area contributed by atoms with Crippen LogP contribution in [0.4, 0.5) is 5.69 Å². The summed E-state index contributed by atoms with van der Waals surface area (Å²) in [5.41, 5.74) is 8.90. The predicted molar refractivity (Wildman–Crippen MR) is 155 cm³/mol. The Morgan fingerprint density at radius 2 is 1.51 bits per heavy atom. The number of aryl methyl sites for hydroxylation is 3. The molecule has 0 spiro atoms. The van der Waals surface area contributed by atoms with Crippen molar-refractivity contribution in [3.05, 3.63) is 117 Å². The van der Waals surface area contributed by atoms with E-state index in [0.29, 0.717) is 22.6 Å². The van der Waals surface area contributed by atoms with Crippen LogP contribution in [0.3, 0.4) is 0 Å². The SMILES string of the molecule is Cc1cc([C@@H](C)Nc2ccccc2C(=O)O)c2nc(-c3ccc(-c4cc(C)nc(C)c4)cc3)c(C)c(=O)n2c1. The van der Waals surface area contributed by atoms with E-state index in [0.717, 1.165) is 39.2 Å². The molecule has 0 aliphatic heterocycles. The zero-order valence-corrected chi connectivity index (χ0v) is 22.6. The second-order valence-electron chi connectivity index (χ2n) is 9.99. The summed E-state index contributed by atoms with van der Waals surface area (Å²) in [6.07, 6.45) is 1.79. The Balaban J connectivity index is 1.60. The molecule has 0 saturated heterocycles. The Bertz CT molecular complexity index is 1770. The first-order valence-corrected chi connectivity index (χ1v) is 12.8. The Hall–Kier alpha value is -4.78. The number of aromatic carboxylic acids is 1. The van der Waals surface area contributed by atoms with Crippen molar-refractivity contribution in [1.82, 2.24) is 14.4 Å². The number of nitrogens with zero attached hydrogens (tertiary/aromatic N) is 3. The van der Waals surface area contributed by atoms with Crippen LogP contribution in [0.15, 0.2) is 77.7 Å². The third kappa shape index (κ3) is 5.03. The molecule has 5 rings (SSSR count). The number of benzene rings is 2. The fraction of sp³-hybridized carbons (Fsp3) is 0.188. The van der Waals surface area contributed by atoms with Gasteiger partial charge in [-0.1, -0.05) is 36.4 Å². The molecule has 0 saturated carbocycles. The lowest BCUT2D eigenvalue weighted by atomic mass is 10.0. The van der Waals surface area contributed by atoms with Gasteiger partial charge in [0.2, 0.25) is 0 Å². The van der Waals surface area contributed by atoms with Crippen LogP contribution in [0.1, 0.15) is 51.4 Å². The van der Waals surface area contributed by atoms with Gasteiger partial charge in [0, 0.05) is 40.0 Å². The highest BCUT2D eigenvalue weighted by Gasteiger charge is 2.19. The van der Waals surface area contributed by atoms with Crippen molar-refractivity contribution in [3.8, 4) is 22.4 Å². The smallest absolute Gasteiger partial charge is 0.337 e. The van der Waals surface area contributed by atoms with E-state index in [1.165, 1.54) is 0 Å². The fourth-order valence-electron chi connectivity index (χ4n) is 5.02. The maximum Gasteiger partial charge on any atom is 0.337 e. The topological polar surface area (TPSA) is 96.6 Å². The van der Waals surface area contributed by atoms with Gasteiger partial charge in [0.1, 0.15) is 5.65 Å². The van der Waals surface area contributed by atoms with Crippen LogP contribution in [-0.2, 0) is 0 Å². The van der Waals surface area contributed by atoms with Crippen molar-refractivity contribution in [2.45, 2.75) is 40.7 Å². The van der Waals surface area contributed by atoms with E-state index in [2.05, 4.69) is 22.4 Å². The largest absolute Gasteiger partial charge is 0.478 e. The van der Waals surface area contributed by atoms with Gasteiger partial charge in [-0.15, -0.1) is 0 Å². The predicted octanol–water partition coefficient (Wildman–Crippen LogP) is 6.53. The van der Waals surface area contributed by atoms with Gasteiger partial charge in [0.25, 0.3) is 5.56 Å². The molecule has 0 unspecified atom stereocenters. The van der Waals surface area contributed by atoms with E-state index < -0.39 is 5.97 Å². The Labute approximate surface area is 226 Å². The van der Waals surface area contributed by atoms with Crippen molar-refractivity contribution in [3.63, 3.8) is 0 Å². The minimum atomic E-state index is -1.01. The summed E-state index contributed by atoms with van der Waals surface area (Å²) in [5.74, 6) is -1.01. The average Bonchev–Trinajstić information content (AvgIpc) is 2.90. The molecule has 196 valence electrons. The van der Waals surface area contributed by atoms with Crippen molar-refractivity contribution in [2.24, 2.45) is 0 Å². The number of carboxylic acid groups (broad SMARTS) is 1. The molecule has 7 nitrogen and oxygen atoms in total. The Morgan fingerprint density at radius 1 is 0.872 bits per heavy atom. The Morgan fingerprint density at radius 3 is 2.18 bits per heavy atom. The number of anilines is 1. The number of nitrogens with one attached hydrogen (secondary N) is 1. The molecule has 5 aromatic rings. The van der Waals surface area contributed by atoms with Crippen molar-refractivity contribution < 1.29 is 9.90 Å². The summed E-state index contributed by atoms with van der Waals surface area (Å²) in [6.45, 7) is 9.63. The van der Waals surface area contributed by atoms with Gasteiger partial charge in [-0.3, -0.25) is 14.2 Å². The first kappa shape index (κ1) is 25.9. The van der Waals surface area contributed by atoms with E-state index in [1.54, 1.807) is 41.8 Å². The highest BCUT2D eigenvalue weighted by Crippen LogP contribution is 2.29. The molecule has 0 radical (unpaired) electrons. The van der Waals surface area contributed by atoms with E-state index in [9.17, 15) is 14.7 Å². The van der Waals surface area contributed by atoms with Gasteiger partial charge >= 0.3 is 5.97 Å². The molecule has 0 aliphatic carbocycles. The first-order valence-electron chi connectivity index (χ1n) is 12.8. The molecule has 3 heterocycles. The first-order chi connectivity index (χ1) is 18.6. The lowest BCUT2D eigenvalue weighted by Gasteiger charge is -2.20. The number of fused-ring (bicyclic) bond motifs is 1. The highest BCUT2D eigenvalue weighted by molar-refractivity contribution is 5.94. The number of carbonyl (C=O) groups is 1. The lowest BCUT2D eigenvalue weighted by molar-refractivity contribution is 0.0698. The third-order valence-corrected chi connectivity index (χ3v) is 6.88. The van der Waals surface area contributed by atoms with Crippen molar-refractivity contribution in [1.29, 1.82) is 0 Å². The third-order valence-electron chi connectivity index (χ3n) is 6.88. The summed E-state index contributed by atoms with van der Waals surface area (Å²) in [6, 6.07) is 20.6. The molecule has 2 N–H and O–H groups in total. The highest BCUT2D eigenvalue weighted by atomic mass is 16.4. The molecule has 7 heteroatoms. The van der Waals surface area contributed by atoms with Crippen molar-refractivity contribution in [2.75, 3.05) is 5.32 Å². The summed E-state index contributed by atoms with van der Waals surface area (Å²) in [7, 11) is 0. The van der Waals surface area contributed by atoms with E-state index in [-0.39, 0.29) is 17.2 Å². The summed E-state index contributed by atoms with van der Waals surface area (Å²) >= 11 is 0. The number of hydrogen-bond donors (Lipinski definition) is 2. The van der Waals surface area contributed by atoms with E-state index >= 15 is 0 Å². The molecular formula is C32H30N4O3. The fourth-order valence-corrected chi connectivity index (χ4v) is 5.02. The number of hydrogen-bond acceptors (Lipinski definition) is 5. The Kier molecular flexibility index (Phi) is 6.74. The maximum absolute atomic E-state index is 13.5. The van der Waals surface area contributed by atoms with E-state index in [1.807, 2.05) is 58.0 Å². The molecule has 2 aromatic carbocycles. The summed E-state index contributed by atoms with van der Waals surface area (Å²) in [4.78, 5) is 34.7. The molecule has 39 heavy (non-hydrogen) atoms. The molecule has 1 atom stereocenters. The summed E-state index contributed by atoms with van der Waals surface area (Å²) in [5, 5.41) is 12.9. The lowest BCUT2D eigenvalue weighted by Crippen LogP contribution is -2.22. The number of aromatic nitrogens is 3. The molecule has 0 aliphatic rings. The van der Waals surface area contributed by atoms with Crippen LogP contribution in [0, 0.1) is 27.7 Å². The van der Waals surface area contributed by atoms with Crippen LogP contribution < -0.4 is 10.9 Å². The average molecular weight is 519 g/mol. The zero-order valence-electron chi connectivity index (χ0n) is 22.6. The molecule has 3 aromatic heterocycles. The minimum absolute atomic E-state index is 0.137. The van der Waals surface area contributed by atoms with Crippen LogP contribution >= 0.6 is 0 Å². The van der Waals surface area contributed by atoms with Gasteiger partial charge in [-0.2, -0.15) is 0 Å². The van der Waals surface area contributed by atoms with Crippen LogP contribution in [0.25, 0.3) is 28.0 Å². The molecule has 0 bridgehead atoms. The van der Waals surface area contributed by atoms with Gasteiger partial charge in [0.05, 0.1) is 17.3 Å². The quantitative estimate of drug-likeness (QED) is 0.265. The van der Waals surface area contributed by atoms with Crippen LogP contribution in [-0.4, -0.2) is 25.4 Å². The minimum Gasteiger partial charge on any atom is -0.478 e. The molecule has 0 amide bonds. The maximum atomic E-state index is 13.5. The monoisotopic (exact) mass is 518 g/mol. The van der Waals surface area contributed by atoms with Gasteiger partial charge in [0.15, 0.2) is 0 Å². The molecular weight excluding hydrogens is 488 g/mol. The van der Waals surface area contributed by atoms with Crippen LogP contribution in [0.2, 0.25) is 0 Å². The van der Waals surface area contributed by atoms with Gasteiger partial charge < -0.3 is 10.4 Å². The number of pyridine rings is 2. The standard InChI is InChI=1S/C32H30N4O3/c1-18-14-27(22(5)34-28-9-7-6-8-26(28)32(38)39)30-35-29(21(4)31(37)36(30)17-18)24-12-10-23(11-13-24)25-15-19(2)33-20(3)16-25/h6-17,22,34H,1-5H3,(H,38,39)/t22-/m1/s1. The van der Waals surface area contributed by atoms with Gasteiger partial charge in [-0.05, 0) is 81.6 Å². The second kappa shape index (κ2) is 10.2. The number of carboxylic acids is 1. The number of para-hydroxylation sites is 1. The second-order valence-corrected chi connectivity index (χ2v) is 9.99. The van der Waals surface area contributed by atoms with Gasteiger partial charge in [-0.25, -0.2) is 9.78 Å². The number of rotatable bonds is 6. The van der Waals surface area contributed by atoms with Crippen LogP contribution in [0.5, 0.6) is 0 Å². The van der Waals surface area contributed by atoms with Crippen molar-refractivity contribution >= 4 is 17.3 Å². The molecule has 0 fully saturated rings. The summed E-state index contributed by atoms with van der Waals surface area (Å²) < 4.78 is 1.58. The zero-order chi connectivity index (χ0) is 27.8. The normalized spacial score (nSPS) is 11.9.